The lowest BCUT2D eigenvalue weighted by atomic mass is 9.90. The van der Waals surface area contributed by atoms with Crippen LogP contribution in [-0.2, 0) is 0 Å². The smallest absolute Gasteiger partial charge is 0.338 e. The van der Waals surface area contributed by atoms with E-state index in [4.69, 9.17) is 0 Å². The minimum absolute atomic E-state index is 0.104. The number of fused-ring (bicyclic) bond motifs is 1. The summed E-state index contributed by atoms with van der Waals surface area (Å²) in [6.07, 6.45) is -2.99. The predicted octanol–water partition coefficient (Wildman–Crippen LogP) is 6.59. The molecule has 1 aliphatic heterocycles. The number of alkyl halides is 3. The van der Waals surface area contributed by atoms with E-state index in [0.29, 0.717) is 23.4 Å². The zero-order valence-electron chi connectivity index (χ0n) is 18.8. The normalized spacial score (nSPS) is 14.6. The number of rotatable bonds is 6. The number of halogens is 4. The maximum absolute atomic E-state index is 13.2. The van der Waals surface area contributed by atoms with Crippen LogP contribution in [0, 0.1) is 11.7 Å². The zero-order valence-corrected chi connectivity index (χ0v) is 18.8. The second kappa shape index (κ2) is 9.68. The van der Waals surface area contributed by atoms with Gasteiger partial charge in [0.2, 0.25) is 0 Å². The van der Waals surface area contributed by atoms with Crippen molar-refractivity contribution in [3.63, 3.8) is 0 Å². The lowest BCUT2D eigenvalue weighted by Gasteiger charge is -2.37. The molecule has 2 amide bonds. The van der Waals surface area contributed by atoms with Crippen LogP contribution >= 0.6 is 0 Å². The molecule has 33 heavy (non-hydrogen) atoms. The van der Waals surface area contributed by atoms with Gasteiger partial charge in [0.05, 0.1) is 6.04 Å². The van der Waals surface area contributed by atoms with Crippen molar-refractivity contribution < 1.29 is 22.4 Å². The van der Waals surface area contributed by atoms with E-state index in [1.54, 1.807) is 30.0 Å². The Balaban J connectivity index is 1.97. The van der Waals surface area contributed by atoms with Crippen LogP contribution < -0.4 is 5.32 Å². The average Bonchev–Trinajstić information content (AvgIpc) is 2.74. The maximum atomic E-state index is 13.2. The van der Waals surface area contributed by atoms with Gasteiger partial charge in [0.25, 0.3) is 0 Å². The van der Waals surface area contributed by atoms with E-state index in [9.17, 15) is 22.4 Å². The van der Waals surface area contributed by atoms with Crippen molar-refractivity contribution in [2.75, 3.05) is 18.4 Å². The molecule has 0 fully saturated rings. The quantitative estimate of drug-likeness (QED) is 0.493. The zero-order chi connectivity index (χ0) is 24.3. The molecule has 1 heterocycles. The molecule has 0 saturated carbocycles. The molecule has 1 unspecified atom stereocenters. The predicted molar refractivity (Wildman–Crippen MR) is 123 cm³/mol. The molecule has 1 aliphatic rings. The highest BCUT2D eigenvalue weighted by Gasteiger charge is 2.35. The molecule has 1 atom stereocenters. The fourth-order valence-corrected chi connectivity index (χ4v) is 3.83. The van der Waals surface area contributed by atoms with Crippen molar-refractivity contribution in [3.8, 4) is 0 Å². The Morgan fingerprint density at radius 1 is 1.06 bits per heavy atom. The van der Waals surface area contributed by atoms with Gasteiger partial charge in [-0.3, -0.25) is 0 Å². The highest BCUT2D eigenvalue weighted by molar-refractivity contribution is 5.92. The molecular weight excluding hydrogens is 434 g/mol. The van der Waals surface area contributed by atoms with Crippen LogP contribution in [0.4, 0.5) is 28.0 Å². The van der Waals surface area contributed by atoms with Gasteiger partial charge in [-0.2, -0.15) is 13.2 Å². The van der Waals surface area contributed by atoms with Crippen molar-refractivity contribution >= 4 is 23.0 Å². The van der Waals surface area contributed by atoms with Gasteiger partial charge in [-0.1, -0.05) is 44.7 Å². The van der Waals surface area contributed by atoms with Gasteiger partial charge in [0, 0.05) is 29.7 Å². The summed E-state index contributed by atoms with van der Waals surface area (Å²) in [5.41, 5.74) is 2.58. The molecule has 0 saturated heterocycles. The van der Waals surface area contributed by atoms with Gasteiger partial charge in [-0.25, -0.2) is 9.18 Å². The molecule has 0 spiro atoms. The first-order valence-electron chi connectivity index (χ1n) is 10.6. The number of hydrogen-bond acceptors (Lipinski definition) is 2. The lowest BCUT2D eigenvalue weighted by molar-refractivity contribution is -0.134. The highest BCUT2D eigenvalue weighted by Crippen LogP contribution is 2.37. The average molecular weight is 462 g/mol. The molecule has 0 aromatic heterocycles. The van der Waals surface area contributed by atoms with Crippen LogP contribution in [0.2, 0.25) is 0 Å². The summed E-state index contributed by atoms with van der Waals surface area (Å²) in [4.78, 5) is 15.8. The van der Waals surface area contributed by atoms with Crippen molar-refractivity contribution in [2.24, 2.45) is 5.92 Å². The Morgan fingerprint density at radius 2 is 1.67 bits per heavy atom. The first-order valence-corrected chi connectivity index (χ1v) is 10.6. The number of benzene rings is 2. The molecule has 3 rings (SSSR count). The summed E-state index contributed by atoms with van der Waals surface area (Å²) < 4.78 is 52.9. The summed E-state index contributed by atoms with van der Waals surface area (Å²) in [5, 5.41) is 2.76. The van der Waals surface area contributed by atoms with Crippen LogP contribution in [0.1, 0.15) is 31.9 Å². The maximum Gasteiger partial charge on any atom is 0.406 e. The van der Waals surface area contributed by atoms with E-state index in [1.807, 2.05) is 19.9 Å². The van der Waals surface area contributed by atoms with E-state index < -0.39 is 30.6 Å². The fraction of sp³-hybridized carbons (Fsp3) is 0.320. The molecule has 2 aromatic carbocycles. The van der Waals surface area contributed by atoms with E-state index in [0.717, 1.165) is 10.5 Å². The molecule has 4 nitrogen and oxygen atoms in total. The molecule has 1 N–H and O–H groups in total. The van der Waals surface area contributed by atoms with Crippen LogP contribution in [0.5, 0.6) is 0 Å². The van der Waals surface area contributed by atoms with Crippen LogP contribution in [0.15, 0.2) is 61.3 Å². The van der Waals surface area contributed by atoms with Gasteiger partial charge >= 0.3 is 12.2 Å². The van der Waals surface area contributed by atoms with Gasteiger partial charge in [-0.15, -0.1) is 0 Å². The molecule has 2 aromatic rings. The Morgan fingerprint density at radius 3 is 2.24 bits per heavy atom. The van der Waals surface area contributed by atoms with Gasteiger partial charge in [0.1, 0.15) is 12.4 Å². The van der Waals surface area contributed by atoms with E-state index in [2.05, 4.69) is 11.9 Å². The standard InChI is InChI=1S/C25H27F4N3O/c1-16(2)13-32(24(33)30-20-11-9-19(26)10-12-20)18(4)23-14-31(15-25(27,28)29)17(3)21-7-5-6-8-22(21)23/h5-12,14,16,18H,3,13,15H2,1-2,4H3,(H,30,33). The first-order chi connectivity index (χ1) is 15.5. The number of urea groups is 1. The third-order valence-electron chi connectivity index (χ3n) is 5.38. The minimum atomic E-state index is -4.42. The second-order valence-electron chi connectivity index (χ2n) is 8.48. The molecule has 0 radical (unpaired) electrons. The summed E-state index contributed by atoms with van der Waals surface area (Å²) >= 11 is 0. The van der Waals surface area contributed by atoms with Gasteiger partial charge in [0.15, 0.2) is 0 Å². The summed E-state index contributed by atoms with van der Waals surface area (Å²) in [5.74, 6) is -0.318. The summed E-state index contributed by atoms with van der Waals surface area (Å²) in [6.45, 7) is 8.74. The number of amides is 2. The van der Waals surface area contributed by atoms with E-state index >= 15 is 0 Å². The van der Waals surface area contributed by atoms with Gasteiger partial charge < -0.3 is 15.1 Å². The van der Waals surface area contributed by atoms with Crippen molar-refractivity contribution in [3.05, 3.63) is 78.3 Å². The second-order valence-corrected chi connectivity index (χ2v) is 8.48. The number of hydrogen-bond donors (Lipinski definition) is 1. The molecule has 8 heteroatoms. The summed E-state index contributed by atoms with van der Waals surface area (Å²) in [7, 11) is 0. The third kappa shape index (κ3) is 5.94. The largest absolute Gasteiger partial charge is 0.406 e. The topological polar surface area (TPSA) is 35.6 Å². The minimum Gasteiger partial charge on any atom is -0.338 e. The Bertz CT molecular complexity index is 1040. The fourth-order valence-electron chi connectivity index (χ4n) is 3.83. The third-order valence-corrected chi connectivity index (χ3v) is 5.38. The first kappa shape index (κ1) is 24.4. The molecular formula is C25H27F4N3O. The van der Waals surface area contributed by atoms with Crippen LogP contribution in [0.25, 0.3) is 11.3 Å². The molecule has 0 bridgehead atoms. The number of carbonyl (C=O) groups is 1. The molecule has 176 valence electrons. The van der Waals surface area contributed by atoms with Crippen molar-refractivity contribution in [1.29, 1.82) is 0 Å². The highest BCUT2D eigenvalue weighted by atomic mass is 19.4. The lowest BCUT2D eigenvalue weighted by Crippen LogP contribution is -2.45. The Hall–Kier alpha value is -3.29. The van der Waals surface area contributed by atoms with Gasteiger partial charge in [-0.05, 0) is 48.2 Å². The number of nitrogens with zero attached hydrogens (tertiary/aromatic N) is 2. The number of carbonyl (C=O) groups excluding carboxylic acids is 1. The van der Waals surface area contributed by atoms with Crippen molar-refractivity contribution in [1.82, 2.24) is 9.80 Å². The van der Waals surface area contributed by atoms with Crippen molar-refractivity contribution in [2.45, 2.75) is 33.0 Å². The monoisotopic (exact) mass is 461 g/mol. The van der Waals surface area contributed by atoms with Crippen LogP contribution in [0.3, 0.4) is 0 Å². The van der Waals surface area contributed by atoms with E-state index in [-0.39, 0.29) is 11.6 Å². The Labute approximate surface area is 191 Å². The molecule has 0 aliphatic carbocycles. The van der Waals surface area contributed by atoms with E-state index in [1.165, 1.54) is 30.5 Å². The summed E-state index contributed by atoms with van der Waals surface area (Å²) in [6, 6.07) is 11.5. The van der Waals surface area contributed by atoms with Crippen LogP contribution in [-0.4, -0.2) is 41.1 Å². The Kier molecular flexibility index (Phi) is 7.15. The number of anilines is 1. The number of nitrogens with one attached hydrogen (secondary N) is 1. The SMILES string of the molecule is C=C1c2ccccc2C(C(C)N(CC(C)C)C(=O)Nc2ccc(F)cc2)=CN1CC(F)(F)F.